The number of para-hydroxylation sites is 1. The number of thiazole rings is 1. The van der Waals surface area contributed by atoms with Crippen LogP contribution < -0.4 is 4.49 Å². The van der Waals surface area contributed by atoms with E-state index in [1.807, 2.05) is 0 Å². The molecule has 0 amide bonds. The number of hydrogen-bond donors (Lipinski definition) is 3. The standard InChI is InChI=1S/C7H7N2O5PS2.ClH/c10-15(11,12)9-17(13,14)7-8-5-3-1-2-4-6(5)16-7;/h1-4H,(H3,9,10,11,12);1H. The Balaban J connectivity index is 0.00000162. The van der Waals surface area contributed by atoms with Gasteiger partial charge in [-0.1, -0.05) is 12.1 Å². The lowest BCUT2D eigenvalue weighted by atomic mass is 10.3. The molecule has 0 spiro atoms. The maximum Gasteiger partial charge on any atom is 0.414 e. The van der Waals surface area contributed by atoms with Crippen LogP contribution in [0.5, 0.6) is 0 Å². The van der Waals surface area contributed by atoms with Crippen LogP contribution in [0.3, 0.4) is 0 Å². The average Bonchev–Trinajstić information content (AvgIpc) is 2.57. The van der Waals surface area contributed by atoms with Gasteiger partial charge in [0.15, 0.2) is 0 Å². The van der Waals surface area contributed by atoms with E-state index in [2.05, 4.69) is 4.98 Å². The van der Waals surface area contributed by atoms with Crippen molar-refractivity contribution in [2.45, 2.75) is 4.34 Å². The lowest BCUT2D eigenvalue weighted by Gasteiger charge is -2.03. The topological polar surface area (TPSA) is 117 Å². The molecule has 11 heteroatoms. The maximum atomic E-state index is 11.6. The highest BCUT2D eigenvalue weighted by molar-refractivity contribution is 7.96. The predicted octanol–water partition coefficient (Wildman–Crippen LogP) is 1.09. The van der Waals surface area contributed by atoms with Gasteiger partial charge in [-0.2, -0.15) is 0 Å². The molecule has 1 aromatic heterocycles. The van der Waals surface area contributed by atoms with Gasteiger partial charge in [0.25, 0.3) is 10.0 Å². The zero-order chi connectivity index (χ0) is 12.7. The molecule has 0 saturated carbocycles. The van der Waals surface area contributed by atoms with Gasteiger partial charge in [-0.25, -0.2) is 18.0 Å². The van der Waals surface area contributed by atoms with Crippen molar-refractivity contribution in [2.24, 2.45) is 0 Å². The summed E-state index contributed by atoms with van der Waals surface area (Å²) in [7, 11) is -9.15. The van der Waals surface area contributed by atoms with Crippen molar-refractivity contribution in [2.75, 3.05) is 0 Å². The molecular formula is C7H8ClN2O5PS2. The van der Waals surface area contributed by atoms with Gasteiger partial charge >= 0.3 is 7.75 Å². The first-order valence-corrected chi connectivity index (χ1v) is 8.14. The van der Waals surface area contributed by atoms with Crippen LogP contribution in [0.25, 0.3) is 10.2 Å². The van der Waals surface area contributed by atoms with Crippen LogP contribution in [0.2, 0.25) is 0 Å². The van der Waals surface area contributed by atoms with Crippen LogP contribution >= 0.6 is 31.5 Å². The summed E-state index contributed by atoms with van der Waals surface area (Å²) in [6, 6.07) is 6.69. The molecule has 0 unspecified atom stereocenters. The molecule has 3 N–H and O–H groups in total. The Bertz CT molecular complexity index is 676. The molecule has 0 aliphatic carbocycles. The molecule has 2 rings (SSSR count). The monoisotopic (exact) mass is 330 g/mol. The number of nitrogens with zero attached hydrogens (tertiary/aromatic N) is 1. The summed E-state index contributed by atoms with van der Waals surface area (Å²) in [5.74, 6) is 0. The Morgan fingerprint density at radius 1 is 1.28 bits per heavy atom. The van der Waals surface area contributed by atoms with Crippen molar-refractivity contribution in [3.8, 4) is 0 Å². The molecule has 0 atom stereocenters. The fourth-order valence-electron chi connectivity index (χ4n) is 1.16. The summed E-state index contributed by atoms with van der Waals surface area (Å²) < 4.78 is 35.3. The summed E-state index contributed by atoms with van der Waals surface area (Å²) in [5.41, 5.74) is 0.462. The van der Waals surface area contributed by atoms with Gasteiger partial charge in [0.05, 0.1) is 10.2 Å². The minimum absolute atomic E-state index is 0. The first kappa shape index (κ1) is 15.5. The number of benzene rings is 1. The van der Waals surface area contributed by atoms with Crippen LogP contribution in [0.1, 0.15) is 0 Å². The lowest BCUT2D eigenvalue weighted by Crippen LogP contribution is -2.20. The second kappa shape index (κ2) is 5.22. The van der Waals surface area contributed by atoms with Crippen LogP contribution in [0.4, 0.5) is 0 Å². The Labute approximate surface area is 113 Å². The van der Waals surface area contributed by atoms with E-state index in [0.717, 1.165) is 11.3 Å². The number of fused-ring (bicyclic) bond motifs is 1. The molecule has 0 saturated heterocycles. The van der Waals surface area contributed by atoms with Gasteiger partial charge in [0, 0.05) is 0 Å². The summed E-state index contributed by atoms with van der Waals surface area (Å²) >= 11 is 0.840. The van der Waals surface area contributed by atoms with Crippen molar-refractivity contribution >= 4 is 51.7 Å². The van der Waals surface area contributed by atoms with Gasteiger partial charge in [-0.3, -0.25) is 0 Å². The van der Waals surface area contributed by atoms with Gasteiger partial charge < -0.3 is 9.79 Å². The fraction of sp³-hybridized carbons (Fsp3) is 0. The summed E-state index contributed by atoms with van der Waals surface area (Å²) in [6.45, 7) is 0. The highest BCUT2D eigenvalue weighted by Gasteiger charge is 2.27. The minimum atomic E-state index is -4.87. The predicted molar refractivity (Wildman–Crippen MR) is 69.2 cm³/mol. The second-order valence-electron chi connectivity index (χ2n) is 3.09. The third-order valence-corrected chi connectivity index (χ3v) is 5.95. The largest absolute Gasteiger partial charge is 0.414 e. The number of hydrogen-bond acceptors (Lipinski definition) is 5. The Morgan fingerprint density at radius 2 is 1.89 bits per heavy atom. The van der Waals surface area contributed by atoms with Gasteiger partial charge in [0.1, 0.15) is 0 Å². The number of aromatic nitrogens is 1. The van der Waals surface area contributed by atoms with Gasteiger partial charge in [0.2, 0.25) is 4.34 Å². The van der Waals surface area contributed by atoms with Crippen LogP contribution in [-0.4, -0.2) is 23.2 Å². The minimum Gasteiger partial charge on any atom is -0.312 e. The summed E-state index contributed by atoms with van der Waals surface area (Å²) in [5, 5.41) is 0. The average molecular weight is 331 g/mol. The van der Waals surface area contributed by atoms with Gasteiger partial charge in [-0.15, -0.1) is 28.2 Å². The first-order chi connectivity index (χ1) is 7.78. The third kappa shape index (κ3) is 3.48. The third-order valence-electron chi connectivity index (χ3n) is 1.74. The highest BCUT2D eigenvalue weighted by Crippen LogP contribution is 2.33. The Hall–Kier alpha value is -0.540. The molecule has 100 valence electrons. The molecule has 7 nitrogen and oxygen atoms in total. The quantitative estimate of drug-likeness (QED) is 0.725. The molecule has 0 aliphatic heterocycles. The zero-order valence-corrected chi connectivity index (χ0v) is 11.9. The van der Waals surface area contributed by atoms with E-state index in [0.29, 0.717) is 10.2 Å². The first-order valence-electron chi connectivity index (χ1n) is 4.23. The van der Waals surface area contributed by atoms with E-state index in [1.54, 1.807) is 24.3 Å². The zero-order valence-electron chi connectivity index (χ0n) is 8.55. The molecule has 18 heavy (non-hydrogen) atoms. The fourth-order valence-corrected chi connectivity index (χ4v) is 4.69. The second-order valence-corrected chi connectivity index (χ2v) is 7.59. The van der Waals surface area contributed by atoms with E-state index in [9.17, 15) is 13.0 Å². The van der Waals surface area contributed by atoms with Crippen LogP contribution in [-0.2, 0) is 14.6 Å². The van der Waals surface area contributed by atoms with E-state index >= 15 is 0 Å². The molecule has 1 heterocycles. The maximum absolute atomic E-state index is 11.6. The number of rotatable bonds is 3. The van der Waals surface area contributed by atoms with E-state index < -0.39 is 17.8 Å². The van der Waals surface area contributed by atoms with Crippen LogP contribution in [0, 0.1) is 0 Å². The van der Waals surface area contributed by atoms with E-state index in [4.69, 9.17) is 9.79 Å². The van der Waals surface area contributed by atoms with Crippen molar-refractivity contribution in [1.82, 2.24) is 9.48 Å². The number of sulfonamides is 1. The summed E-state index contributed by atoms with van der Waals surface area (Å²) in [4.78, 5) is 21.0. The molecule has 0 aliphatic rings. The van der Waals surface area contributed by atoms with Gasteiger partial charge in [-0.05, 0) is 12.1 Å². The Kier molecular flexibility index (Phi) is 4.50. The van der Waals surface area contributed by atoms with E-state index in [-0.39, 0.29) is 16.7 Å². The highest BCUT2D eigenvalue weighted by atomic mass is 35.5. The van der Waals surface area contributed by atoms with Crippen molar-refractivity contribution in [1.29, 1.82) is 0 Å². The van der Waals surface area contributed by atoms with Crippen LogP contribution in [0.15, 0.2) is 28.6 Å². The molecule has 1 aromatic carbocycles. The summed E-state index contributed by atoms with van der Waals surface area (Å²) in [6.07, 6.45) is 0. The molecule has 0 radical (unpaired) electrons. The van der Waals surface area contributed by atoms with Crippen molar-refractivity contribution < 1.29 is 22.8 Å². The lowest BCUT2D eigenvalue weighted by molar-refractivity contribution is 0.368. The molecule has 0 fully saturated rings. The molecule has 2 aromatic rings. The van der Waals surface area contributed by atoms with Crippen molar-refractivity contribution in [3.63, 3.8) is 0 Å². The van der Waals surface area contributed by atoms with E-state index in [1.165, 1.54) is 4.49 Å². The molecular weight excluding hydrogens is 323 g/mol. The SMILES string of the molecule is Cl.O=P(O)(O)NS(=O)(=O)c1nc2ccccc2s1. The smallest absolute Gasteiger partial charge is 0.312 e. The number of nitrogens with one attached hydrogen (secondary N) is 1. The molecule has 0 bridgehead atoms. The normalized spacial score (nSPS) is 12.3. The van der Waals surface area contributed by atoms with Crippen molar-refractivity contribution in [3.05, 3.63) is 24.3 Å². The number of halogens is 1. The Morgan fingerprint density at radius 3 is 2.44 bits per heavy atom.